The van der Waals surface area contributed by atoms with Crippen LogP contribution in [0.15, 0.2) is 0 Å². The van der Waals surface area contributed by atoms with Gasteiger partial charge >= 0.3 is 0 Å². The predicted molar refractivity (Wildman–Crippen MR) is 88.7 cm³/mol. The molecular weight excluding hydrogens is 284 g/mol. The minimum Gasteiger partial charge on any atom is -0.0928 e. The summed E-state index contributed by atoms with van der Waals surface area (Å²) < 4.78 is 0. The summed E-state index contributed by atoms with van der Waals surface area (Å²) in [6.45, 7) is 4.59. The van der Waals surface area contributed by atoms with Crippen molar-refractivity contribution in [2.75, 3.05) is 5.33 Å². The lowest BCUT2D eigenvalue weighted by Crippen LogP contribution is -2.02. The Bertz CT molecular complexity index is 145. The molecule has 0 radical (unpaired) electrons. The quantitative estimate of drug-likeness (QED) is 0.236. The monoisotopic (exact) mass is 318 g/mol. The van der Waals surface area contributed by atoms with Crippen LogP contribution in [0.2, 0.25) is 0 Å². The fourth-order valence-corrected chi connectivity index (χ4v) is 3.31. The lowest BCUT2D eigenvalue weighted by Gasteiger charge is -2.15. The largest absolute Gasteiger partial charge is 0.0928 e. The van der Waals surface area contributed by atoms with E-state index < -0.39 is 0 Å². The molecule has 0 bridgehead atoms. The van der Waals surface area contributed by atoms with Gasteiger partial charge < -0.3 is 0 Å². The van der Waals surface area contributed by atoms with E-state index in [4.69, 9.17) is 0 Å². The van der Waals surface area contributed by atoms with E-state index in [1.165, 1.54) is 88.8 Å². The van der Waals surface area contributed by atoms with Crippen molar-refractivity contribution in [2.24, 2.45) is 5.92 Å². The highest BCUT2D eigenvalue weighted by atomic mass is 79.9. The standard InChI is InChI=1S/C17H35Br/c1-3-5-7-9-10-12-14-17(15-16-18)13-11-8-6-4-2/h17H,3-16H2,1-2H3. The van der Waals surface area contributed by atoms with Crippen LogP contribution in [-0.2, 0) is 0 Å². The topological polar surface area (TPSA) is 0 Å². The van der Waals surface area contributed by atoms with Gasteiger partial charge in [-0.25, -0.2) is 0 Å². The van der Waals surface area contributed by atoms with Gasteiger partial charge in [-0.05, 0) is 12.3 Å². The minimum atomic E-state index is 0.993. The Morgan fingerprint density at radius 2 is 1.06 bits per heavy atom. The van der Waals surface area contributed by atoms with Crippen molar-refractivity contribution >= 4 is 15.9 Å². The van der Waals surface area contributed by atoms with Crippen LogP contribution in [0, 0.1) is 5.92 Å². The van der Waals surface area contributed by atoms with Gasteiger partial charge in [-0.2, -0.15) is 0 Å². The average Bonchev–Trinajstić information content (AvgIpc) is 2.38. The maximum Gasteiger partial charge on any atom is 0.00339 e. The average molecular weight is 319 g/mol. The van der Waals surface area contributed by atoms with Crippen LogP contribution < -0.4 is 0 Å². The molecule has 1 unspecified atom stereocenters. The third-order valence-corrected chi connectivity index (χ3v) is 4.41. The molecule has 0 aromatic heterocycles. The molecule has 1 atom stereocenters. The molecule has 0 saturated carbocycles. The molecular formula is C17H35Br. The second-order valence-corrected chi connectivity index (χ2v) is 6.54. The first-order valence-electron chi connectivity index (χ1n) is 8.41. The van der Waals surface area contributed by atoms with Gasteiger partial charge in [0.25, 0.3) is 0 Å². The van der Waals surface area contributed by atoms with E-state index in [1.807, 2.05) is 0 Å². The molecule has 0 aliphatic heterocycles. The van der Waals surface area contributed by atoms with Crippen molar-refractivity contribution in [3.63, 3.8) is 0 Å². The normalized spacial score (nSPS) is 12.8. The summed E-state index contributed by atoms with van der Waals surface area (Å²) in [5.41, 5.74) is 0. The maximum absolute atomic E-state index is 3.62. The van der Waals surface area contributed by atoms with Crippen LogP contribution in [0.25, 0.3) is 0 Å². The Hall–Kier alpha value is 0.480. The zero-order chi connectivity index (χ0) is 13.5. The first-order valence-corrected chi connectivity index (χ1v) is 9.53. The molecule has 0 heterocycles. The van der Waals surface area contributed by atoms with Crippen molar-refractivity contribution in [2.45, 2.75) is 97.3 Å². The minimum absolute atomic E-state index is 0.993. The molecule has 0 nitrogen and oxygen atoms in total. The van der Waals surface area contributed by atoms with Gasteiger partial charge in [0.2, 0.25) is 0 Å². The predicted octanol–water partition coefficient (Wildman–Crippen LogP) is 7.11. The molecule has 0 spiro atoms. The van der Waals surface area contributed by atoms with Crippen molar-refractivity contribution in [3.8, 4) is 0 Å². The van der Waals surface area contributed by atoms with E-state index in [9.17, 15) is 0 Å². The van der Waals surface area contributed by atoms with E-state index in [-0.39, 0.29) is 0 Å². The Kier molecular flexibility index (Phi) is 16.0. The van der Waals surface area contributed by atoms with Crippen LogP contribution in [0.1, 0.15) is 97.3 Å². The van der Waals surface area contributed by atoms with Crippen LogP contribution >= 0.6 is 15.9 Å². The van der Waals surface area contributed by atoms with Crippen LogP contribution in [-0.4, -0.2) is 5.33 Å². The van der Waals surface area contributed by atoms with E-state index in [1.54, 1.807) is 0 Å². The molecule has 0 fully saturated rings. The molecule has 0 aliphatic carbocycles. The molecule has 18 heavy (non-hydrogen) atoms. The Morgan fingerprint density at radius 1 is 0.611 bits per heavy atom. The number of hydrogen-bond acceptors (Lipinski definition) is 0. The van der Waals surface area contributed by atoms with E-state index in [2.05, 4.69) is 29.8 Å². The second-order valence-electron chi connectivity index (χ2n) is 5.75. The summed E-state index contributed by atoms with van der Waals surface area (Å²) in [6.07, 6.45) is 18.7. The Balaban J connectivity index is 3.44. The van der Waals surface area contributed by atoms with Gasteiger partial charge in [0.1, 0.15) is 0 Å². The van der Waals surface area contributed by atoms with Crippen molar-refractivity contribution < 1.29 is 0 Å². The van der Waals surface area contributed by atoms with E-state index in [0.29, 0.717) is 0 Å². The third-order valence-electron chi connectivity index (χ3n) is 3.95. The summed E-state index contributed by atoms with van der Waals surface area (Å²) in [7, 11) is 0. The molecule has 0 aliphatic rings. The van der Waals surface area contributed by atoms with Gasteiger partial charge in [-0.1, -0.05) is 107 Å². The summed E-state index contributed by atoms with van der Waals surface area (Å²) in [6, 6.07) is 0. The van der Waals surface area contributed by atoms with Gasteiger partial charge in [-0.15, -0.1) is 0 Å². The molecule has 0 saturated heterocycles. The molecule has 0 N–H and O–H groups in total. The third kappa shape index (κ3) is 12.9. The molecule has 0 aromatic rings. The van der Waals surface area contributed by atoms with Crippen LogP contribution in [0.3, 0.4) is 0 Å². The van der Waals surface area contributed by atoms with Crippen molar-refractivity contribution in [3.05, 3.63) is 0 Å². The number of hydrogen-bond donors (Lipinski definition) is 0. The molecule has 0 amide bonds. The zero-order valence-electron chi connectivity index (χ0n) is 12.9. The zero-order valence-corrected chi connectivity index (χ0v) is 14.4. The van der Waals surface area contributed by atoms with Crippen LogP contribution in [0.4, 0.5) is 0 Å². The maximum atomic E-state index is 3.62. The van der Waals surface area contributed by atoms with Crippen molar-refractivity contribution in [1.29, 1.82) is 0 Å². The molecule has 0 aromatic carbocycles. The summed E-state index contributed by atoms with van der Waals surface area (Å²) in [5.74, 6) is 0.993. The summed E-state index contributed by atoms with van der Waals surface area (Å²) >= 11 is 3.62. The first kappa shape index (κ1) is 18.5. The highest BCUT2D eigenvalue weighted by Crippen LogP contribution is 2.22. The fourth-order valence-electron chi connectivity index (χ4n) is 2.66. The Morgan fingerprint density at radius 3 is 1.56 bits per heavy atom. The molecule has 1 heteroatoms. The van der Waals surface area contributed by atoms with Gasteiger partial charge in [0, 0.05) is 5.33 Å². The van der Waals surface area contributed by atoms with Gasteiger partial charge in [0.05, 0.1) is 0 Å². The number of rotatable bonds is 14. The van der Waals surface area contributed by atoms with Crippen LogP contribution in [0.5, 0.6) is 0 Å². The second kappa shape index (κ2) is 15.5. The number of unbranched alkanes of at least 4 members (excludes halogenated alkanes) is 8. The SMILES string of the molecule is CCCCCCCCC(CCBr)CCCCCC. The number of alkyl halides is 1. The van der Waals surface area contributed by atoms with E-state index in [0.717, 1.165) is 5.92 Å². The first-order chi connectivity index (χ1) is 8.85. The van der Waals surface area contributed by atoms with Gasteiger partial charge in [-0.3, -0.25) is 0 Å². The molecule has 110 valence electrons. The highest BCUT2D eigenvalue weighted by molar-refractivity contribution is 9.09. The van der Waals surface area contributed by atoms with Gasteiger partial charge in [0.15, 0.2) is 0 Å². The Labute approximate surface area is 124 Å². The summed E-state index contributed by atoms with van der Waals surface area (Å²) in [5, 5.41) is 1.20. The lowest BCUT2D eigenvalue weighted by molar-refractivity contribution is 0.397. The summed E-state index contributed by atoms with van der Waals surface area (Å²) in [4.78, 5) is 0. The fraction of sp³-hybridized carbons (Fsp3) is 1.00. The van der Waals surface area contributed by atoms with Crippen molar-refractivity contribution in [1.82, 2.24) is 0 Å². The molecule has 0 rings (SSSR count). The number of halogens is 1. The highest BCUT2D eigenvalue weighted by Gasteiger charge is 2.07. The lowest BCUT2D eigenvalue weighted by atomic mass is 9.92. The van der Waals surface area contributed by atoms with E-state index >= 15 is 0 Å². The smallest absolute Gasteiger partial charge is 0.00339 e.